The van der Waals surface area contributed by atoms with Gasteiger partial charge in [-0.05, 0) is 69.6 Å². The van der Waals surface area contributed by atoms with Gasteiger partial charge in [-0.25, -0.2) is 14.8 Å². The number of alkyl halides is 3. The quantitative estimate of drug-likeness (QED) is 0.485. The molecule has 8 nitrogen and oxygen atoms in total. The summed E-state index contributed by atoms with van der Waals surface area (Å²) in [5.74, 6) is 2.10. The molecule has 0 aromatic carbocycles. The van der Waals surface area contributed by atoms with E-state index in [1.54, 1.807) is 13.8 Å². The number of hydrogen-bond donors (Lipinski definition) is 1. The molecule has 5 rings (SSSR count). The number of hydrogen-bond acceptors (Lipinski definition) is 6. The second-order valence-corrected chi connectivity index (χ2v) is 9.80. The molecule has 0 bridgehead atoms. The lowest BCUT2D eigenvalue weighted by Crippen LogP contribution is -2.43. The molecule has 0 spiro atoms. The molecule has 1 saturated carbocycles. The van der Waals surface area contributed by atoms with Gasteiger partial charge >= 0.3 is 12.2 Å². The maximum absolute atomic E-state index is 13.1. The average Bonchev–Trinajstić information content (AvgIpc) is 3.63. The van der Waals surface area contributed by atoms with Gasteiger partial charge in [0.25, 0.3) is 0 Å². The van der Waals surface area contributed by atoms with Crippen LogP contribution in [0.3, 0.4) is 0 Å². The van der Waals surface area contributed by atoms with Gasteiger partial charge in [-0.3, -0.25) is 0 Å². The topological polar surface area (TPSA) is 87.4 Å². The standard InChI is InChI=1S/C25H29F3N6O2/c1-15-22(16(2)36-32-15)31-24(35)34(13-17-3-4-17)14-18-8-11-33(12-9-18)23-19-5-6-21(25(26,27)28)30-20(19)7-10-29-23/h5-7,10,17-18H,3-4,8-9,11-14H2,1-2H3,(H,31,35). The number of aryl methyl sites for hydroxylation is 2. The van der Waals surface area contributed by atoms with Crippen molar-refractivity contribution < 1.29 is 22.5 Å². The number of halogens is 3. The molecule has 11 heteroatoms. The van der Waals surface area contributed by atoms with Crippen molar-refractivity contribution in [1.82, 2.24) is 20.0 Å². The minimum absolute atomic E-state index is 0.138. The van der Waals surface area contributed by atoms with Crippen molar-refractivity contribution in [3.8, 4) is 0 Å². The number of carbonyl (C=O) groups is 1. The Morgan fingerprint density at radius 1 is 1.11 bits per heavy atom. The Morgan fingerprint density at radius 2 is 1.81 bits per heavy atom. The molecule has 1 aliphatic heterocycles. The zero-order valence-electron chi connectivity index (χ0n) is 20.3. The molecule has 1 saturated heterocycles. The van der Waals surface area contributed by atoms with Crippen LogP contribution < -0.4 is 10.2 Å². The number of fused-ring (bicyclic) bond motifs is 1. The van der Waals surface area contributed by atoms with Crippen LogP contribution in [0.4, 0.5) is 29.5 Å². The van der Waals surface area contributed by atoms with E-state index < -0.39 is 11.9 Å². The summed E-state index contributed by atoms with van der Waals surface area (Å²) in [6, 6.07) is 3.83. The normalized spacial score (nSPS) is 17.0. The maximum Gasteiger partial charge on any atom is 0.433 e. The minimum Gasteiger partial charge on any atom is -0.359 e. The molecule has 192 valence electrons. The third kappa shape index (κ3) is 5.24. The van der Waals surface area contributed by atoms with Gasteiger partial charge in [0, 0.05) is 37.8 Å². The van der Waals surface area contributed by atoms with Crippen molar-refractivity contribution in [2.24, 2.45) is 11.8 Å². The Hall–Kier alpha value is -3.37. The number of carbonyl (C=O) groups excluding carboxylic acids is 1. The zero-order chi connectivity index (χ0) is 25.4. The molecule has 2 fully saturated rings. The number of nitrogens with zero attached hydrogens (tertiary/aromatic N) is 5. The van der Waals surface area contributed by atoms with E-state index in [2.05, 4.69) is 25.3 Å². The highest BCUT2D eigenvalue weighted by atomic mass is 19.4. The van der Waals surface area contributed by atoms with E-state index in [1.807, 2.05) is 4.90 Å². The Kier molecular flexibility index (Phi) is 6.48. The van der Waals surface area contributed by atoms with Crippen LogP contribution in [0.15, 0.2) is 28.9 Å². The summed E-state index contributed by atoms with van der Waals surface area (Å²) in [6.07, 6.45) is 1.01. The van der Waals surface area contributed by atoms with Crippen molar-refractivity contribution >= 4 is 28.4 Å². The average molecular weight is 503 g/mol. The molecule has 2 amide bonds. The summed E-state index contributed by atoms with van der Waals surface area (Å²) in [5.41, 5.74) is 0.653. The smallest absolute Gasteiger partial charge is 0.359 e. The number of aromatic nitrogens is 3. The van der Waals surface area contributed by atoms with Crippen molar-refractivity contribution in [2.45, 2.75) is 45.7 Å². The summed E-state index contributed by atoms with van der Waals surface area (Å²) in [4.78, 5) is 25.4. The van der Waals surface area contributed by atoms with Gasteiger partial charge in [0.2, 0.25) is 0 Å². The summed E-state index contributed by atoms with van der Waals surface area (Å²) in [6.45, 7) is 6.37. The molecule has 1 aliphatic carbocycles. The van der Waals surface area contributed by atoms with E-state index in [0.717, 1.165) is 38.3 Å². The second kappa shape index (κ2) is 9.59. The number of nitrogens with one attached hydrogen (secondary N) is 1. The summed E-state index contributed by atoms with van der Waals surface area (Å²) in [7, 11) is 0. The highest BCUT2D eigenvalue weighted by molar-refractivity contribution is 5.91. The fourth-order valence-electron chi connectivity index (χ4n) is 4.79. The van der Waals surface area contributed by atoms with Gasteiger partial charge in [-0.15, -0.1) is 0 Å². The first kappa shape index (κ1) is 24.3. The predicted molar refractivity (Wildman–Crippen MR) is 129 cm³/mol. The van der Waals surface area contributed by atoms with Crippen LogP contribution >= 0.6 is 0 Å². The van der Waals surface area contributed by atoms with E-state index in [1.165, 1.54) is 18.3 Å². The van der Waals surface area contributed by atoms with E-state index in [-0.39, 0.29) is 11.5 Å². The van der Waals surface area contributed by atoms with Crippen LogP contribution in [0.25, 0.3) is 10.9 Å². The number of pyridine rings is 2. The van der Waals surface area contributed by atoms with Crippen LogP contribution in [0.1, 0.15) is 42.8 Å². The third-order valence-electron chi connectivity index (χ3n) is 7.01. The number of anilines is 2. The molecule has 3 aromatic heterocycles. The lowest BCUT2D eigenvalue weighted by Gasteiger charge is -2.36. The van der Waals surface area contributed by atoms with Crippen LogP contribution in [-0.4, -0.2) is 52.2 Å². The van der Waals surface area contributed by atoms with Crippen molar-refractivity contribution in [2.75, 3.05) is 36.4 Å². The van der Waals surface area contributed by atoms with Gasteiger partial charge in [-0.2, -0.15) is 13.2 Å². The van der Waals surface area contributed by atoms with Gasteiger partial charge < -0.3 is 19.6 Å². The molecule has 3 aromatic rings. The van der Waals surface area contributed by atoms with E-state index in [9.17, 15) is 18.0 Å². The molecular weight excluding hydrogens is 473 g/mol. The molecule has 2 aliphatic rings. The lowest BCUT2D eigenvalue weighted by atomic mass is 9.95. The Labute approximate surface area is 206 Å². The number of rotatable bonds is 6. The van der Waals surface area contributed by atoms with Gasteiger partial charge in [0.15, 0.2) is 5.76 Å². The van der Waals surface area contributed by atoms with Gasteiger partial charge in [0.05, 0.1) is 5.52 Å². The van der Waals surface area contributed by atoms with Crippen molar-refractivity contribution in [3.05, 3.63) is 41.5 Å². The molecule has 36 heavy (non-hydrogen) atoms. The third-order valence-corrected chi connectivity index (χ3v) is 7.01. The largest absolute Gasteiger partial charge is 0.433 e. The molecule has 4 heterocycles. The van der Waals surface area contributed by atoms with Crippen LogP contribution in [0, 0.1) is 25.7 Å². The van der Waals surface area contributed by atoms with Crippen LogP contribution in [0.2, 0.25) is 0 Å². The Bertz CT molecular complexity index is 1230. The van der Waals surface area contributed by atoms with Gasteiger partial charge in [-0.1, -0.05) is 5.16 Å². The predicted octanol–water partition coefficient (Wildman–Crippen LogP) is 5.41. The zero-order valence-corrected chi connectivity index (χ0v) is 20.3. The van der Waals surface area contributed by atoms with Crippen LogP contribution in [0.5, 0.6) is 0 Å². The fraction of sp³-hybridized carbons (Fsp3) is 0.520. The highest BCUT2D eigenvalue weighted by Crippen LogP contribution is 2.34. The minimum atomic E-state index is -4.49. The number of urea groups is 1. The second-order valence-electron chi connectivity index (χ2n) is 9.80. The molecular formula is C25H29F3N6O2. The maximum atomic E-state index is 13.1. The monoisotopic (exact) mass is 502 g/mol. The summed E-state index contributed by atoms with van der Waals surface area (Å²) < 4.78 is 44.4. The first-order valence-corrected chi connectivity index (χ1v) is 12.3. The van der Waals surface area contributed by atoms with Crippen molar-refractivity contribution in [3.63, 3.8) is 0 Å². The summed E-state index contributed by atoms with van der Waals surface area (Å²) >= 11 is 0. The van der Waals surface area contributed by atoms with Crippen LogP contribution in [-0.2, 0) is 6.18 Å². The molecule has 0 unspecified atom stereocenters. The number of amides is 2. The first-order chi connectivity index (χ1) is 17.2. The molecule has 1 N–H and O–H groups in total. The van der Waals surface area contributed by atoms with Crippen molar-refractivity contribution in [1.29, 1.82) is 0 Å². The Morgan fingerprint density at radius 3 is 2.42 bits per heavy atom. The summed E-state index contributed by atoms with van der Waals surface area (Å²) in [5, 5.41) is 7.50. The van der Waals surface area contributed by atoms with E-state index in [0.29, 0.717) is 59.8 Å². The Balaban J connectivity index is 1.24. The van der Waals surface area contributed by atoms with E-state index in [4.69, 9.17) is 4.52 Å². The number of piperidine rings is 1. The SMILES string of the molecule is Cc1noc(C)c1NC(=O)N(CC1CC1)CC1CCN(c2nccc3nc(C(F)(F)F)ccc23)CC1. The fourth-order valence-corrected chi connectivity index (χ4v) is 4.79. The van der Waals surface area contributed by atoms with E-state index >= 15 is 0 Å². The highest BCUT2D eigenvalue weighted by Gasteiger charge is 2.33. The first-order valence-electron chi connectivity index (χ1n) is 12.3. The molecule has 0 radical (unpaired) electrons. The van der Waals surface area contributed by atoms with Gasteiger partial charge in [0.1, 0.15) is 22.9 Å². The lowest BCUT2D eigenvalue weighted by molar-refractivity contribution is -0.140. The molecule has 0 atom stereocenters.